The fourth-order valence-corrected chi connectivity index (χ4v) is 3.54. The Labute approximate surface area is 140 Å². The number of nitrogens with one attached hydrogen (secondary N) is 1. The molecule has 1 unspecified atom stereocenters. The van der Waals surface area contributed by atoms with Gasteiger partial charge < -0.3 is 14.6 Å². The highest BCUT2D eigenvalue weighted by Gasteiger charge is 2.22. The van der Waals surface area contributed by atoms with Gasteiger partial charge in [0.05, 0.1) is 25.9 Å². The number of carbonyl (C=O) groups is 1. The first-order valence-corrected chi connectivity index (χ1v) is 9.66. The van der Waals surface area contributed by atoms with Gasteiger partial charge in [0, 0.05) is 6.54 Å². The third kappa shape index (κ3) is 5.69. The standard InChI is InChI=1S/C14H21NO6S2/c1-20-12-5-4-10(14(17)21-2)8-13(12)23(18,19)15-9-11(16)6-7-22-3/h4-5,8,11,15-16H,6-7,9H2,1-3H3. The monoisotopic (exact) mass is 363 g/mol. The highest BCUT2D eigenvalue weighted by atomic mass is 32.2. The van der Waals surface area contributed by atoms with Crippen LogP contribution in [-0.2, 0) is 14.8 Å². The minimum absolute atomic E-state index is 0.0941. The minimum atomic E-state index is -3.94. The second kappa shape index (κ2) is 9.11. The van der Waals surface area contributed by atoms with Crippen LogP contribution in [0.15, 0.2) is 23.1 Å². The smallest absolute Gasteiger partial charge is 0.337 e. The molecule has 130 valence electrons. The van der Waals surface area contributed by atoms with Crippen molar-refractivity contribution in [1.29, 1.82) is 0 Å². The molecule has 0 fully saturated rings. The summed E-state index contributed by atoms with van der Waals surface area (Å²) >= 11 is 1.56. The molecule has 0 aliphatic rings. The Kier molecular flexibility index (Phi) is 7.83. The predicted molar refractivity (Wildman–Crippen MR) is 88.5 cm³/mol. The zero-order valence-electron chi connectivity index (χ0n) is 13.2. The van der Waals surface area contributed by atoms with E-state index in [-0.39, 0.29) is 22.8 Å². The molecule has 0 saturated carbocycles. The Morgan fingerprint density at radius 2 is 2.09 bits per heavy atom. The molecule has 0 heterocycles. The lowest BCUT2D eigenvalue weighted by Gasteiger charge is -2.14. The van der Waals surface area contributed by atoms with Gasteiger partial charge in [-0.05, 0) is 36.6 Å². The lowest BCUT2D eigenvalue weighted by molar-refractivity contribution is 0.0600. The predicted octanol–water partition coefficient (Wildman–Crippen LogP) is 0.874. The molecule has 0 radical (unpaired) electrons. The SMILES string of the molecule is COC(=O)c1ccc(OC)c(S(=O)(=O)NCC(O)CCSC)c1. The molecule has 23 heavy (non-hydrogen) atoms. The van der Waals surface area contributed by atoms with Gasteiger partial charge in [-0.3, -0.25) is 0 Å². The van der Waals surface area contributed by atoms with Crippen LogP contribution in [0.3, 0.4) is 0 Å². The summed E-state index contributed by atoms with van der Waals surface area (Å²) in [5, 5.41) is 9.75. The molecule has 7 nitrogen and oxygen atoms in total. The van der Waals surface area contributed by atoms with Crippen molar-refractivity contribution in [2.45, 2.75) is 17.4 Å². The number of ether oxygens (including phenoxy) is 2. The molecule has 0 aliphatic heterocycles. The first kappa shape index (κ1) is 19.8. The van der Waals surface area contributed by atoms with Crippen molar-refractivity contribution in [3.63, 3.8) is 0 Å². The van der Waals surface area contributed by atoms with Crippen molar-refractivity contribution in [1.82, 2.24) is 4.72 Å². The Balaban J connectivity index is 2.99. The lowest BCUT2D eigenvalue weighted by Crippen LogP contribution is -2.32. The van der Waals surface area contributed by atoms with E-state index in [1.54, 1.807) is 11.8 Å². The zero-order valence-corrected chi connectivity index (χ0v) is 14.9. The van der Waals surface area contributed by atoms with E-state index < -0.39 is 22.1 Å². The van der Waals surface area contributed by atoms with E-state index in [9.17, 15) is 18.3 Å². The number of rotatable bonds is 9. The Bertz CT molecular complexity index is 632. The van der Waals surface area contributed by atoms with Crippen LogP contribution in [0.5, 0.6) is 5.75 Å². The molecular weight excluding hydrogens is 342 g/mol. The largest absolute Gasteiger partial charge is 0.495 e. The van der Waals surface area contributed by atoms with Gasteiger partial charge in [0.25, 0.3) is 0 Å². The van der Waals surface area contributed by atoms with Crippen LogP contribution in [0.2, 0.25) is 0 Å². The van der Waals surface area contributed by atoms with E-state index in [0.29, 0.717) is 6.42 Å². The van der Waals surface area contributed by atoms with Crippen molar-refractivity contribution in [3.8, 4) is 5.75 Å². The Morgan fingerprint density at radius 3 is 2.65 bits per heavy atom. The summed E-state index contributed by atoms with van der Waals surface area (Å²) in [6.45, 7) is -0.117. The van der Waals surface area contributed by atoms with Crippen molar-refractivity contribution in [2.75, 3.05) is 32.8 Å². The first-order chi connectivity index (χ1) is 10.9. The van der Waals surface area contributed by atoms with Gasteiger partial charge in [-0.2, -0.15) is 11.8 Å². The molecule has 1 aromatic carbocycles. The van der Waals surface area contributed by atoms with Crippen LogP contribution in [0.4, 0.5) is 0 Å². The third-order valence-electron chi connectivity index (χ3n) is 3.04. The maximum atomic E-state index is 12.4. The number of carbonyl (C=O) groups excluding carboxylic acids is 1. The number of hydrogen-bond acceptors (Lipinski definition) is 7. The fraction of sp³-hybridized carbons (Fsp3) is 0.500. The molecule has 0 bridgehead atoms. The van der Waals surface area contributed by atoms with Gasteiger partial charge in [-0.1, -0.05) is 0 Å². The minimum Gasteiger partial charge on any atom is -0.495 e. The molecule has 1 atom stereocenters. The number of aliphatic hydroxyl groups excluding tert-OH is 1. The molecule has 0 saturated heterocycles. The molecule has 0 aromatic heterocycles. The van der Waals surface area contributed by atoms with Crippen molar-refractivity contribution in [3.05, 3.63) is 23.8 Å². The molecular formula is C14H21NO6S2. The lowest BCUT2D eigenvalue weighted by atomic mass is 10.2. The molecule has 0 spiro atoms. The maximum absolute atomic E-state index is 12.4. The average Bonchev–Trinajstić information content (AvgIpc) is 2.56. The van der Waals surface area contributed by atoms with Crippen molar-refractivity contribution >= 4 is 27.8 Å². The maximum Gasteiger partial charge on any atom is 0.337 e. The molecule has 2 N–H and O–H groups in total. The van der Waals surface area contributed by atoms with E-state index in [2.05, 4.69) is 9.46 Å². The second-order valence-electron chi connectivity index (χ2n) is 4.64. The second-order valence-corrected chi connectivity index (χ2v) is 7.37. The van der Waals surface area contributed by atoms with Crippen LogP contribution in [0.25, 0.3) is 0 Å². The Morgan fingerprint density at radius 1 is 1.39 bits per heavy atom. The van der Waals surface area contributed by atoms with Gasteiger partial charge in [0.15, 0.2) is 0 Å². The summed E-state index contributed by atoms with van der Waals surface area (Å²) in [6.07, 6.45) is 1.59. The van der Waals surface area contributed by atoms with E-state index in [1.165, 1.54) is 32.4 Å². The molecule has 9 heteroatoms. The molecule has 0 aliphatic carbocycles. The summed E-state index contributed by atoms with van der Waals surface area (Å²) in [5.41, 5.74) is 0.0941. The van der Waals surface area contributed by atoms with Gasteiger partial charge in [0.1, 0.15) is 10.6 Å². The van der Waals surface area contributed by atoms with Crippen molar-refractivity contribution in [2.24, 2.45) is 0 Å². The van der Waals surface area contributed by atoms with E-state index in [4.69, 9.17) is 4.74 Å². The summed E-state index contributed by atoms with van der Waals surface area (Å²) in [7, 11) is -1.39. The molecule has 0 amide bonds. The van der Waals surface area contributed by atoms with Crippen LogP contribution >= 0.6 is 11.8 Å². The van der Waals surface area contributed by atoms with Gasteiger partial charge in [-0.15, -0.1) is 0 Å². The highest BCUT2D eigenvalue weighted by molar-refractivity contribution is 7.98. The van der Waals surface area contributed by atoms with Gasteiger partial charge >= 0.3 is 5.97 Å². The van der Waals surface area contributed by atoms with Crippen molar-refractivity contribution < 1.29 is 27.8 Å². The van der Waals surface area contributed by atoms with Crippen LogP contribution in [-0.4, -0.2) is 58.4 Å². The zero-order chi connectivity index (χ0) is 17.5. The van der Waals surface area contributed by atoms with E-state index in [1.807, 2.05) is 6.26 Å². The highest BCUT2D eigenvalue weighted by Crippen LogP contribution is 2.25. The van der Waals surface area contributed by atoms with Gasteiger partial charge in [-0.25, -0.2) is 17.9 Å². The normalized spacial score (nSPS) is 12.7. The summed E-state index contributed by atoms with van der Waals surface area (Å²) in [4.78, 5) is 11.4. The first-order valence-electron chi connectivity index (χ1n) is 6.78. The molecule has 1 aromatic rings. The number of aliphatic hydroxyl groups is 1. The van der Waals surface area contributed by atoms with Gasteiger partial charge in [0.2, 0.25) is 10.0 Å². The topological polar surface area (TPSA) is 102 Å². The summed E-state index contributed by atoms with van der Waals surface area (Å²) in [5.74, 6) is 0.178. The summed E-state index contributed by atoms with van der Waals surface area (Å²) in [6, 6.07) is 3.98. The number of thioether (sulfide) groups is 1. The quantitative estimate of drug-likeness (QED) is 0.628. The van der Waals surface area contributed by atoms with E-state index in [0.717, 1.165) is 5.75 Å². The van der Waals surface area contributed by atoms with Crippen LogP contribution in [0, 0.1) is 0 Å². The molecule has 1 rings (SSSR count). The number of sulfonamides is 1. The number of benzene rings is 1. The number of methoxy groups -OCH3 is 2. The number of hydrogen-bond donors (Lipinski definition) is 2. The van der Waals surface area contributed by atoms with Crippen LogP contribution < -0.4 is 9.46 Å². The number of esters is 1. The average molecular weight is 363 g/mol. The van der Waals surface area contributed by atoms with Crippen LogP contribution in [0.1, 0.15) is 16.8 Å². The van der Waals surface area contributed by atoms with E-state index >= 15 is 0 Å². The summed E-state index contributed by atoms with van der Waals surface area (Å²) < 4.78 is 36.7. The third-order valence-corrected chi connectivity index (χ3v) is 5.13. The Hall–Kier alpha value is -1.29. The fourth-order valence-electron chi connectivity index (χ4n) is 1.77.